The van der Waals surface area contributed by atoms with Crippen molar-refractivity contribution in [3.05, 3.63) is 96.1 Å². The van der Waals surface area contributed by atoms with E-state index >= 15 is 0 Å². The Hall–Kier alpha value is -3.65. The van der Waals surface area contributed by atoms with Gasteiger partial charge >= 0.3 is 5.97 Å². The Morgan fingerprint density at radius 1 is 0.879 bits per heavy atom. The summed E-state index contributed by atoms with van der Waals surface area (Å²) in [4.78, 5) is 26.5. The molecule has 0 aromatic heterocycles. The zero-order valence-corrected chi connectivity index (χ0v) is 19.5. The van der Waals surface area contributed by atoms with Crippen LogP contribution in [0, 0.1) is 0 Å². The van der Waals surface area contributed by atoms with Gasteiger partial charge in [0.05, 0.1) is 22.2 Å². The van der Waals surface area contributed by atoms with Crippen molar-refractivity contribution in [2.45, 2.75) is 17.9 Å². The van der Waals surface area contributed by atoms with Crippen molar-refractivity contribution in [2.75, 3.05) is 25.0 Å². The molecule has 0 heterocycles. The molecule has 7 nitrogen and oxygen atoms in total. The molecule has 1 atom stereocenters. The van der Waals surface area contributed by atoms with Gasteiger partial charge in [-0.2, -0.15) is 0 Å². The predicted molar refractivity (Wildman–Crippen MR) is 126 cm³/mol. The summed E-state index contributed by atoms with van der Waals surface area (Å²) in [6.07, 6.45) is 0. The lowest BCUT2D eigenvalue weighted by Crippen LogP contribution is -2.33. The van der Waals surface area contributed by atoms with Gasteiger partial charge in [0.15, 0.2) is 6.61 Å². The van der Waals surface area contributed by atoms with Gasteiger partial charge in [-0.15, -0.1) is 0 Å². The minimum Gasteiger partial charge on any atom is -0.452 e. The molecule has 172 valence electrons. The molecule has 0 saturated heterocycles. The zero-order chi connectivity index (χ0) is 24.0. The molecular weight excluding hydrogens is 440 g/mol. The lowest BCUT2D eigenvalue weighted by atomic mass is 10.1. The third-order valence-electron chi connectivity index (χ3n) is 5.43. The van der Waals surface area contributed by atoms with E-state index in [1.54, 1.807) is 37.4 Å². The van der Waals surface area contributed by atoms with E-state index in [9.17, 15) is 18.0 Å². The molecular formula is C25H26N2O5S. The van der Waals surface area contributed by atoms with Crippen LogP contribution in [0.25, 0.3) is 0 Å². The highest BCUT2D eigenvalue weighted by molar-refractivity contribution is 7.92. The third kappa shape index (κ3) is 5.59. The number of sulfonamides is 1. The number of likely N-dealkylation sites (N-methyl/N-ethyl adjacent to an activating group) is 1. The Balaban J connectivity index is 1.68. The fourth-order valence-electron chi connectivity index (χ4n) is 3.20. The van der Waals surface area contributed by atoms with Crippen molar-refractivity contribution >= 4 is 27.6 Å². The molecule has 3 rings (SSSR count). The molecule has 8 heteroatoms. The Labute approximate surface area is 194 Å². The van der Waals surface area contributed by atoms with Gasteiger partial charge in [-0.05, 0) is 42.8 Å². The number of nitrogens with zero attached hydrogens (tertiary/aromatic N) is 2. The topological polar surface area (TPSA) is 84.0 Å². The average Bonchev–Trinajstić information content (AvgIpc) is 2.86. The second-order valence-corrected chi connectivity index (χ2v) is 9.47. The van der Waals surface area contributed by atoms with Crippen LogP contribution in [-0.4, -0.2) is 45.9 Å². The van der Waals surface area contributed by atoms with E-state index in [1.807, 2.05) is 37.3 Å². The first-order valence-electron chi connectivity index (χ1n) is 10.3. The van der Waals surface area contributed by atoms with Crippen molar-refractivity contribution in [3.8, 4) is 0 Å². The second kappa shape index (κ2) is 10.3. The number of hydrogen-bond acceptors (Lipinski definition) is 5. The molecule has 0 aliphatic carbocycles. The highest BCUT2D eigenvalue weighted by Gasteiger charge is 2.23. The largest absolute Gasteiger partial charge is 0.452 e. The van der Waals surface area contributed by atoms with E-state index in [2.05, 4.69) is 0 Å². The van der Waals surface area contributed by atoms with Gasteiger partial charge in [0.25, 0.3) is 15.9 Å². The monoisotopic (exact) mass is 466 g/mol. The lowest BCUT2D eigenvalue weighted by Gasteiger charge is -2.25. The van der Waals surface area contributed by atoms with Gasteiger partial charge in [-0.3, -0.25) is 9.10 Å². The van der Waals surface area contributed by atoms with Gasteiger partial charge in [0.2, 0.25) is 0 Å². The first-order valence-corrected chi connectivity index (χ1v) is 11.8. The fraction of sp³-hybridized carbons (Fsp3) is 0.200. The Morgan fingerprint density at radius 2 is 1.48 bits per heavy atom. The molecule has 3 aromatic rings. The summed E-state index contributed by atoms with van der Waals surface area (Å²) in [5.74, 6) is -1.14. The van der Waals surface area contributed by atoms with Gasteiger partial charge < -0.3 is 9.64 Å². The summed E-state index contributed by atoms with van der Waals surface area (Å²) < 4.78 is 32.3. The number of ether oxygens (including phenoxy) is 1. The van der Waals surface area contributed by atoms with Crippen molar-refractivity contribution in [2.24, 2.45) is 0 Å². The quantitative estimate of drug-likeness (QED) is 0.471. The summed E-state index contributed by atoms with van der Waals surface area (Å²) >= 11 is 0. The predicted octanol–water partition coefficient (Wildman–Crippen LogP) is 3.89. The van der Waals surface area contributed by atoms with E-state index in [-0.39, 0.29) is 22.4 Å². The summed E-state index contributed by atoms with van der Waals surface area (Å²) in [6.45, 7) is 1.43. The minimum absolute atomic E-state index is 0.0455. The maximum absolute atomic E-state index is 13.0. The molecule has 0 fully saturated rings. The van der Waals surface area contributed by atoms with E-state index in [0.29, 0.717) is 5.69 Å². The maximum atomic E-state index is 13.0. The number of rotatable bonds is 8. The number of esters is 1. The highest BCUT2D eigenvalue weighted by atomic mass is 32.2. The van der Waals surface area contributed by atoms with E-state index in [4.69, 9.17) is 4.74 Å². The number of benzene rings is 3. The second-order valence-electron chi connectivity index (χ2n) is 7.50. The molecule has 1 unspecified atom stereocenters. The van der Waals surface area contributed by atoms with E-state index < -0.39 is 22.6 Å². The molecule has 3 aromatic carbocycles. The smallest absolute Gasteiger partial charge is 0.338 e. The molecule has 0 bridgehead atoms. The number of anilines is 1. The third-order valence-corrected chi connectivity index (χ3v) is 7.21. The van der Waals surface area contributed by atoms with E-state index in [0.717, 1.165) is 9.87 Å². The van der Waals surface area contributed by atoms with Crippen molar-refractivity contribution < 1.29 is 22.7 Å². The molecule has 0 aliphatic heterocycles. The Kier molecular flexibility index (Phi) is 7.50. The van der Waals surface area contributed by atoms with Gasteiger partial charge in [0.1, 0.15) is 0 Å². The molecule has 33 heavy (non-hydrogen) atoms. The van der Waals surface area contributed by atoms with Crippen LogP contribution in [-0.2, 0) is 19.6 Å². The van der Waals surface area contributed by atoms with Crippen LogP contribution in [0.3, 0.4) is 0 Å². The summed E-state index contributed by atoms with van der Waals surface area (Å²) in [7, 11) is -0.802. The molecule has 0 radical (unpaired) electrons. The summed E-state index contributed by atoms with van der Waals surface area (Å²) in [5, 5.41) is 0. The Morgan fingerprint density at radius 3 is 2.12 bits per heavy atom. The van der Waals surface area contributed by atoms with Crippen LogP contribution in [0.15, 0.2) is 89.8 Å². The van der Waals surface area contributed by atoms with Gasteiger partial charge in [0, 0.05) is 14.1 Å². The first-order chi connectivity index (χ1) is 15.7. The molecule has 1 amide bonds. The Bertz CT molecular complexity index is 1210. The number of amides is 1. The average molecular weight is 467 g/mol. The minimum atomic E-state index is -3.88. The van der Waals surface area contributed by atoms with Crippen LogP contribution in [0.1, 0.15) is 28.9 Å². The highest BCUT2D eigenvalue weighted by Crippen LogP contribution is 2.23. The van der Waals surface area contributed by atoms with Crippen LogP contribution < -0.4 is 4.31 Å². The molecule has 0 N–H and O–H groups in total. The van der Waals surface area contributed by atoms with Crippen LogP contribution >= 0.6 is 0 Å². The number of carbonyl (C=O) groups is 2. The van der Waals surface area contributed by atoms with Crippen LogP contribution in [0.5, 0.6) is 0 Å². The molecule has 0 saturated carbocycles. The fourth-order valence-corrected chi connectivity index (χ4v) is 4.44. The standard InChI is InChI=1S/C25H26N2O5S/c1-19(20-11-6-4-7-12-20)26(2)24(28)18-32-25(29)21-13-10-16-23(17-21)33(30,31)27(3)22-14-8-5-9-15-22/h4-17,19H,18H2,1-3H3. The van der Waals surface area contributed by atoms with Gasteiger partial charge in [-0.25, -0.2) is 13.2 Å². The summed E-state index contributed by atoms with van der Waals surface area (Å²) in [5.41, 5.74) is 1.50. The first kappa shape index (κ1) is 24.0. The number of para-hydroxylation sites is 1. The molecule has 0 spiro atoms. The van der Waals surface area contributed by atoms with Crippen molar-refractivity contribution in [1.29, 1.82) is 0 Å². The summed E-state index contributed by atoms with van der Waals surface area (Å²) in [6, 6.07) is 23.5. The van der Waals surface area contributed by atoms with Crippen LogP contribution in [0.4, 0.5) is 5.69 Å². The normalized spacial score (nSPS) is 12.0. The van der Waals surface area contributed by atoms with Gasteiger partial charge in [-0.1, -0.05) is 54.6 Å². The zero-order valence-electron chi connectivity index (χ0n) is 18.7. The number of carbonyl (C=O) groups excluding carboxylic acids is 2. The number of hydrogen-bond donors (Lipinski definition) is 0. The van der Waals surface area contributed by atoms with Crippen molar-refractivity contribution in [1.82, 2.24) is 4.90 Å². The van der Waals surface area contributed by atoms with E-state index in [1.165, 1.54) is 36.2 Å². The van der Waals surface area contributed by atoms with Crippen LogP contribution in [0.2, 0.25) is 0 Å². The lowest BCUT2D eigenvalue weighted by molar-refractivity contribution is -0.135. The SMILES string of the molecule is CC(c1ccccc1)N(C)C(=O)COC(=O)c1cccc(S(=O)(=O)N(C)c2ccccc2)c1. The molecule has 0 aliphatic rings. The van der Waals surface area contributed by atoms with Crippen molar-refractivity contribution in [3.63, 3.8) is 0 Å². The maximum Gasteiger partial charge on any atom is 0.338 e.